The van der Waals surface area contributed by atoms with E-state index in [2.05, 4.69) is 51.1 Å². The van der Waals surface area contributed by atoms with Gasteiger partial charge in [0.1, 0.15) is 5.82 Å². The van der Waals surface area contributed by atoms with Gasteiger partial charge >= 0.3 is 0 Å². The summed E-state index contributed by atoms with van der Waals surface area (Å²) in [6.07, 6.45) is 6.94. The molecule has 0 saturated carbocycles. The minimum atomic E-state index is 0.449. The Bertz CT molecular complexity index is 1010. The van der Waals surface area contributed by atoms with Crippen molar-refractivity contribution in [2.24, 2.45) is 0 Å². The topological polar surface area (TPSA) is 77.6 Å². The molecule has 0 saturated heterocycles. The van der Waals surface area contributed by atoms with Crippen LogP contribution in [0.5, 0.6) is 0 Å². The summed E-state index contributed by atoms with van der Waals surface area (Å²) < 4.78 is 0. The quantitative estimate of drug-likeness (QED) is 0.611. The molecular formula is C19H15N5. The lowest BCUT2D eigenvalue weighted by molar-refractivity contribution is 1.20. The molecule has 0 radical (unpaired) electrons. The molecule has 4 rings (SSSR count). The standard InChI is InChI=1S/C19H15N5/c1-12-2-4-13(5-3-12)15-10-22-11-16-17(15)18(20)24-19(23-16)14-6-8-21-9-7-14/h2-11H,1H3,(H2,20,23,24). The van der Waals surface area contributed by atoms with Crippen LogP contribution in [0.2, 0.25) is 0 Å². The van der Waals surface area contributed by atoms with Gasteiger partial charge in [0, 0.05) is 29.7 Å². The number of fused-ring (bicyclic) bond motifs is 1. The van der Waals surface area contributed by atoms with E-state index in [0.717, 1.165) is 27.6 Å². The Hall–Kier alpha value is -3.34. The number of nitrogen functional groups attached to an aromatic ring is 1. The van der Waals surface area contributed by atoms with Crippen LogP contribution in [0.4, 0.5) is 5.82 Å². The molecule has 5 heteroatoms. The fourth-order valence-electron chi connectivity index (χ4n) is 2.69. The number of nitrogens with zero attached hydrogens (tertiary/aromatic N) is 4. The zero-order valence-corrected chi connectivity index (χ0v) is 13.1. The van der Waals surface area contributed by atoms with Gasteiger partial charge in [0.15, 0.2) is 5.82 Å². The molecule has 0 aliphatic rings. The number of rotatable bonds is 2. The average molecular weight is 313 g/mol. The molecule has 0 unspecified atom stereocenters. The van der Waals surface area contributed by atoms with Gasteiger partial charge in [-0.2, -0.15) is 0 Å². The zero-order valence-electron chi connectivity index (χ0n) is 13.1. The second kappa shape index (κ2) is 5.70. The minimum absolute atomic E-state index is 0.449. The summed E-state index contributed by atoms with van der Waals surface area (Å²) in [5.74, 6) is 1.02. The number of hydrogen-bond acceptors (Lipinski definition) is 5. The Kier molecular flexibility index (Phi) is 3.39. The van der Waals surface area contributed by atoms with Crippen molar-refractivity contribution < 1.29 is 0 Å². The fourth-order valence-corrected chi connectivity index (χ4v) is 2.69. The molecule has 2 N–H and O–H groups in total. The van der Waals surface area contributed by atoms with Crippen molar-refractivity contribution in [3.63, 3.8) is 0 Å². The molecule has 24 heavy (non-hydrogen) atoms. The molecule has 0 spiro atoms. The smallest absolute Gasteiger partial charge is 0.162 e. The highest BCUT2D eigenvalue weighted by molar-refractivity contribution is 6.01. The first-order valence-corrected chi connectivity index (χ1v) is 7.61. The lowest BCUT2D eigenvalue weighted by Gasteiger charge is -2.10. The van der Waals surface area contributed by atoms with Crippen LogP contribution in [0.3, 0.4) is 0 Å². The van der Waals surface area contributed by atoms with Gasteiger partial charge in [0.25, 0.3) is 0 Å². The largest absolute Gasteiger partial charge is 0.383 e. The van der Waals surface area contributed by atoms with E-state index < -0.39 is 0 Å². The van der Waals surface area contributed by atoms with E-state index in [0.29, 0.717) is 11.6 Å². The lowest BCUT2D eigenvalue weighted by atomic mass is 10.0. The third kappa shape index (κ3) is 2.46. The van der Waals surface area contributed by atoms with Crippen LogP contribution >= 0.6 is 0 Å². The number of aromatic nitrogens is 4. The maximum atomic E-state index is 6.27. The van der Waals surface area contributed by atoms with Crippen LogP contribution < -0.4 is 5.73 Å². The second-order valence-corrected chi connectivity index (χ2v) is 5.62. The van der Waals surface area contributed by atoms with Crippen molar-refractivity contribution in [1.82, 2.24) is 19.9 Å². The zero-order chi connectivity index (χ0) is 16.5. The van der Waals surface area contributed by atoms with Crippen molar-refractivity contribution in [2.75, 3.05) is 5.73 Å². The molecule has 0 atom stereocenters. The van der Waals surface area contributed by atoms with Crippen LogP contribution in [-0.2, 0) is 0 Å². The predicted molar refractivity (Wildman–Crippen MR) is 95.1 cm³/mol. The molecule has 4 aromatic rings. The molecule has 0 fully saturated rings. The van der Waals surface area contributed by atoms with Crippen LogP contribution in [0.15, 0.2) is 61.2 Å². The van der Waals surface area contributed by atoms with E-state index in [9.17, 15) is 0 Å². The van der Waals surface area contributed by atoms with Gasteiger partial charge in [-0.1, -0.05) is 29.8 Å². The van der Waals surface area contributed by atoms with Gasteiger partial charge in [-0.25, -0.2) is 9.97 Å². The van der Waals surface area contributed by atoms with E-state index in [1.54, 1.807) is 24.8 Å². The lowest BCUT2D eigenvalue weighted by Crippen LogP contribution is -2.00. The summed E-state index contributed by atoms with van der Waals surface area (Å²) in [5.41, 5.74) is 11.1. The number of aryl methyl sites for hydroxylation is 1. The maximum Gasteiger partial charge on any atom is 0.162 e. The highest BCUT2D eigenvalue weighted by Gasteiger charge is 2.12. The number of anilines is 1. The summed E-state index contributed by atoms with van der Waals surface area (Å²) in [6.45, 7) is 2.06. The molecular weight excluding hydrogens is 298 g/mol. The van der Waals surface area contributed by atoms with Gasteiger partial charge in [-0.3, -0.25) is 9.97 Å². The van der Waals surface area contributed by atoms with Crippen LogP contribution in [0.1, 0.15) is 5.56 Å². The molecule has 0 amide bonds. The summed E-state index contributed by atoms with van der Waals surface area (Å²) in [6, 6.07) is 12.0. The van der Waals surface area contributed by atoms with E-state index in [1.807, 2.05) is 12.1 Å². The Labute approximate surface area is 139 Å². The predicted octanol–water partition coefficient (Wildman–Crippen LogP) is 3.64. The highest BCUT2D eigenvalue weighted by atomic mass is 15.0. The Morgan fingerprint density at radius 2 is 1.54 bits per heavy atom. The third-order valence-electron chi connectivity index (χ3n) is 3.94. The van der Waals surface area contributed by atoms with Crippen molar-refractivity contribution in [3.05, 3.63) is 66.7 Å². The van der Waals surface area contributed by atoms with Crippen LogP contribution in [-0.4, -0.2) is 19.9 Å². The minimum Gasteiger partial charge on any atom is -0.383 e. The van der Waals surface area contributed by atoms with E-state index in [-0.39, 0.29) is 0 Å². The normalized spacial score (nSPS) is 10.9. The Balaban J connectivity index is 1.94. The van der Waals surface area contributed by atoms with E-state index >= 15 is 0 Å². The molecule has 1 aromatic carbocycles. The van der Waals surface area contributed by atoms with Gasteiger partial charge in [-0.05, 0) is 24.6 Å². The Morgan fingerprint density at radius 1 is 0.792 bits per heavy atom. The molecule has 5 nitrogen and oxygen atoms in total. The summed E-state index contributed by atoms with van der Waals surface area (Å²) >= 11 is 0. The molecule has 3 heterocycles. The number of pyridine rings is 2. The fraction of sp³-hybridized carbons (Fsp3) is 0.0526. The van der Waals surface area contributed by atoms with Crippen LogP contribution in [0.25, 0.3) is 33.4 Å². The number of benzene rings is 1. The highest BCUT2D eigenvalue weighted by Crippen LogP contribution is 2.31. The molecule has 3 aromatic heterocycles. The Morgan fingerprint density at radius 3 is 2.29 bits per heavy atom. The van der Waals surface area contributed by atoms with Crippen molar-refractivity contribution >= 4 is 16.7 Å². The SMILES string of the molecule is Cc1ccc(-c2cncc3nc(-c4ccncc4)nc(N)c23)cc1. The molecule has 0 aliphatic heterocycles. The molecule has 0 bridgehead atoms. The van der Waals surface area contributed by atoms with Gasteiger partial charge in [0.2, 0.25) is 0 Å². The van der Waals surface area contributed by atoms with E-state index in [1.165, 1.54) is 5.56 Å². The van der Waals surface area contributed by atoms with Crippen molar-refractivity contribution in [3.8, 4) is 22.5 Å². The molecule has 0 aliphatic carbocycles. The first-order chi connectivity index (χ1) is 11.7. The third-order valence-corrected chi connectivity index (χ3v) is 3.94. The van der Waals surface area contributed by atoms with Gasteiger partial charge in [-0.15, -0.1) is 0 Å². The van der Waals surface area contributed by atoms with E-state index in [4.69, 9.17) is 5.73 Å². The summed E-state index contributed by atoms with van der Waals surface area (Å²) in [7, 11) is 0. The van der Waals surface area contributed by atoms with Crippen LogP contribution in [0, 0.1) is 6.92 Å². The number of hydrogen-bond donors (Lipinski definition) is 1. The summed E-state index contributed by atoms with van der Waals surface area (Å²) in [5, 5.41) is 0.826. The summed E-state index contributed by atoms with van der Waals surface area (Å²) in [4.78, 5) is 17.5. The maximum absolute atomic E-state index is 6.27. The van der Waals surface area contributed by atoms with Gasteiger partial charge in [0.05, 0.1) is 17.1 Å². The van der Waals surface area contributed by atoms with Gasteiger partial charge < -0.3 is 5.73 Å². The second-order valence-electron chi connectivity index (χ2n) is 5.62. The number of nitrogens with two attached hydrogens (primary N) is 1. The first-order valence-electron chi connectivity index (χ1n) is 7.61. The molecule has 116 valence electrons. The monoisotopic (exact) mass is 313 g/mol. The van der Waals surface area contributed by atoms with Crippen molar-refractivity contribution in [1.29, 1.82) is 0 Å². The van der Waals surface area contributed by atoms with Crippen molar-refractivity contribution in [2.45, 2.75) is 6.92 Å². The average Bonchev–Trinajstić information content (AvgIpc) is 2.62. The first kappa shape index (κ1) is 14.3.